The summed E-state index contributed by atoms with van der Waals surface area (Å²) >= 11 is 0. The molecule has 1 aliphatic carbocycles. The fourth-order valence-electron chi connectivity index (χ4n) is 4.19. The second kappa shape index (κ2) is 14.3. The van der Waals surface area contributed by atoms with Crippen molar-refractivity contribution in [1.82, 2.24) is 0 Å². The van der Waals surface area contributed by atoms with Crippen LogP contribution in [0.25, 0.3) is 0 Å². The molecule has 1 fully saturated rings. The molecule has 0 N–H and O–H groups in total. The van der Waals surface area contributed by atoms with E-state index < -0.39 is 0 Å². The van der Waals surface area contributed by atoms with Gasteiger partial charge in [0.15, 0.2) is 6.29 Å². The second-order valence-corrected chi connectivity index (χ2v) is 7.28. The molecule has 0 aromatic rings. The normalized spacial score (nSPS) is 21.4. The van der Waals surface area contributed by atoms with Crippen LogP contribution in [-0.2, 0) is 9.47 Å². The third-order valence-electron chi connectivity index (χ3n) is 5.46. The maximum atomic E-state index is 5.62. The van der Waals surface area contributed by atoms with Crippen LogP contribution in [0.3, 0.4) is 0 Å². The minimum absolute atomic E-state index is 0.0304. The van der Waals surface area contributed by atoms with Crippen molar-refractivity contribution in [2.45, 2.75) is 111 Å². The van der Waals surface area contributed by atoms with Crippen LogP contribution < -0.4 is 0 Å². The molecule has 0 heterocycles. The van der Waals surface area contributed by atoms with Gasteiger partial charge in [0.1, 0.15) is 0 Å². The predicted molar refractivity (Wildman–Crippen MR) is 99.7 cm³/mol. The molecule has 0 aliphatic heterocycles. The average Bonchev–Trinajstić information content (AvgIpc) is 2.99. The van der Waals surface area contributed by atoms with Gasteiger partial charge in [0.2, 0.25) is 0 Å². The molecule has 2 nitrogen and oxygen atoms in total. The van der Waals surface area contributed by atoms with E-state index in [9.17, 15) is 0 Å². The number of rotatable bonds is 15. The summed E-state index contributed by atoms with van der Waals surface area (Å²) < 4.78 is 11.2. The average molecular weight is 327 g/mol. The first-order valence-electron chi connectivity index (χ1n) is 10.5. The molecule has 0 saturated heterocycles. The number of ether oxygens (including phenoxy) is 2. The summed E-state index contributed by atoms with van der Waals surface area (Å²) in [7, 11) is 0. The summed E-state index contributed by atoms with van der Waals surface area (Å²) in [5, 5.41) is 0. The lowest BCUT2D eigenvalue weighted by Crippen LogP contribution is -2.17. The van der Waals surface area contributed by atoms with Gasteiger partial charge < -0.3 is 9.47 Å². The van der Waals surface area contributed by atoms with E-state index in [0.717, 1.165) is 31.5 Å². The Morgan fingerprint density at radius 3 is 1.83 bits per heavy atom. The van der Waals surface area contributed by atoms with Gasteiger partial charge in [-0.3, -0.25) is 0 Å². The molecular formula is C21H42O2. The van der Waals surface area contributed by atoms with Crippen molar-refractivity contribution in [3.63, 3.8) is 0 Å². The van der Waals surface area contributed by atoms with Crippen LogP contribution in [0.5, 0.6) is 0 Å². The second-order valence-electron chi connectivity index (χ2n) is 7.28. The van der Waals surface area contributed by atoms with E-state index in [-0.39, 0.29) is 6.29 Å². The van der Waals surface area contributed by atoms with Gasteiger partial charge in [-0.05, 0) is 38.5 Å². The van der Waals surface area contributed by atoms with E-state index in [4.69, 9.17) is 9.47 Å². The van der Waals surface area contributed by atoms with Crippen molar-refractivity contribution in [3.05, 3.63) is 0 Å². The van der Waals surface area contributed by atoms with Gasteiger partial charge in [-0.25, -0.2) is 0 Å². The van der Waals surface area contributed by atoms with E-state index in [1.54, 1.807) is 0 Å². The molecule has 23 heavy (non-hydrogen) atoms. The van der Waals surface area contributed by atoms with Gasteiger partial charge in [-0.2, -0.15) is 0 Å². The highest BCUT2D eigenvalue weighted by atomic mass is 16.7. The summed E-state index contributed by atoms with van der Waals surface area (Å²) in [4.78, 5) is 0. The van der Waals surface area contributed by atoms with Crippen molar-refractivity contribution in [3.8, 4) is 0 Å². The van der Waals surface area contributed by atoms with Crippen LogP contribution >= 0.6 is 0 Å². The highest BCUT2D eigenvalue weighted by molar-refractivity contribution is 4.77. The zero-order chi connectivity index (χ0) is 16.8. The summed E-state index contributed by atoms with van der Waals surface area (Å²) in [5.41, 5.74) is 0. The van der Waals surface area contributed by atoms with Crippen LogP contribution in [0.4, 0.5) is 0 Å². The SMILES string of the molecule is CCCCCCC1CCCC1CCCCCC(OCC)OCC. The van der Waals surface area contributed by atoms with Crippen molar-refractivity contribution in [2.24, 2.45) is 11.8 Å². The van der Waals surface area contributed by atoms with Crippen molar-refractivity contribution >= 4 is 0 Å². The molecule has 1 aliphatic rings. The molecule has 0 amide bonds. The standard InChI is InChI=1S/C21H42O2/c1-4-7-8-10-14-19-16-13-17-20(19)15-11-9-12-18-21(22-5-2)23-6-3/h19-21H,4-18H2,1-3H3. The van der Waals surface area contributed by atoms with E-state index in [1.807, 2.05) is 13.8 Å². The van der Waals surface area contributed by atoms with Crippen LogP contribution in [-0.4, -0.2) is 19.5 Å². The quantitative estimate of drug-likeness (QED) is 0.245. The van der Waals surface area contributed by atoms with Crippen molar-refractivity contribution in [2.75, 3.05) is 13.2 Å². The van der Waals surface area contributed by atoms with Gasteiger partial charge in [0.05, 0.1) is 0 Å². The molecular weight excluding hydrogens is 284 g/mol. The Labute approximate surface area is 145 Å². The lowest BCUT2D eigenvalue weighted by molar-refractivity contribution is -0.140. The zero-order valence-corrected chi connectivity index (χ0v) is 16.2. The van der Waals surface area contributed by atoms with Crippen molar-refractivity contribution in [1.29, 1.82) is 0 Å². The fraction of sp³-hybridized carbons (Fsp3) is 1.00. The molecule has 138 valence electrons. The Hall–Kier alpha value is -0.0800. The maximum Gasteiger partial charge on any atom is 0.157 e. The van der Waals surface area contributed by atoms with E-state index in [0.29, 0.717) is 0 Å². The molecule has 2 atom stereocenters. The van der Waals surface area contributed by atoms with Gasteiger partial charge in [-0.1, -0.05) is 77.6 Å². The third-order valence-corrected chi connectivity index (χ3v) is 5.46. The Kier molecular flexibility index (Phi) is 13.0. The molecule has 1 saturated carbocycles. The van der Waals surface area contributed by atoms with E-state index in [2.05, 4.69) is 6.92 Å². The van der Waals surface area contributed by atoms with Gasteiger partial charge in [0.25, 0.3) is 0 Å². The maximum absolute atomic E-state index is 5.62. The Bertz CT molecular complexity index is 248. The topological polar surface area (TPSA) is 18.5 Å². The molecule has 1 rings (SSSR count). The third kappa shape index (κ3) is 9.72. The van der Waals surface area contributed by atoms with Crippen LogP contribution in [0.2, 0.25) is 0 Å². The fourth-order valence-corrected chi connectivity index (χ4v) is 4.19. The summed E-state index contributed by atoms with van der Waals surface area (Å²) in [5.74, 6) is 2.08. The number of hydrogen-bond acceptors (Lipinski definition) is 2. The largest absolute Gasteiger partial charge is 0.353 e. The first-order valence-corrected chi connectivity index (χ1v) is 10.5. The molecule has 0 radical (unpaired) electrons. The lowest BCUT2D eigenvalue weighted by atomic mass is 9.87. The smallest absolute Gasteiger partial charge is 0.157 e. The minimum Gasteiger partial charge on any atom is -0.353 e. The highest BCUT2D eigenvalue weighted by Crippen LogP contribution is 2.38. The Balaban J connectivity index is 2.07. The Morgan fingerprint density at radius 1 is 0.739 bits per heavy atom. The first kappa shape index (κ1) is 21.0. The minimum atomic E-state index is 0.0304. The van der Waals surface area contributed by atoms with Crippen LogP contribution in [0.15, 0.2) is 0 Å². The van der Waals surface area contributed by atoms with Gasteiger partial charge in [0, 0.05) is 13.2 Å². The monoisotopic (exact) mass is 326 g/mol. The Morgan fingerprint density at radius 2 is 1.30 bits per heavy atom. The van der Waals surface area contributed by atoms with Gasteiger partial charge >= 0.3 is 0 Å². The number of unbranched alkanes of at least 4 members (excludes halogenated alkanes) is 5. The van der Waals surface area contributed by atoms with E-state index in [1.165, 1.54) is 77.0 Å². The molecule has 2 unspecified atom stereocenters. The zero-order valence-electron chi connectivity index (χ0n) is 16.2. The highest BCUT2D eigenvalue weighted by Gasteiger charge is 2.25. The molecule has 0 aromatic carbocycles. The predicted octanol–water partition coefficient (Wildman–Crippen LogP) is 6.72. The lowest BCUT2D eigenvalue weighted by Gasteiger charge is -2.20. The van der Waals surface area contributed by atoms with E-state index >= 15 is 0 Å². The summed E-state index contributed by atoms with van der Waals surface area (Å²) in [6.45, 7) is 7.92. The van der Waals surface area contributed by atoms with Gasteiger partial charge in [-0.15, -0.1) is 0 Å². The first-order chi connectivity index (χ1) is 11.3. The summed E-state index contributed by atoms with van der Waals surface area (Å²) in [6, 6.07) is 0. The molecule has 0 aromatic heterocycles. The number of hydrogen-bond donors (Lipinski definition) is 0. The molecule has 0 spiro atoms. The van der Waals surface area contributed by atoms with Crippen LogP contribution in [0, 0.1) is 11.8 Å². The van der Waals surface area contributed by atoms with Crippen LogP contribution in [0.1, 0.15) is 104 Å². The molecule has 2 heteroatoms. The summed E-state index contributed by atoms with van der Waals surface area (Å²) in [6.07, 6.45) is 18.3. The van der Waals surface area contributed by atoms with Crippen molar-refractivity contribution < 1.29 is 9.47 Å². The molecule has 0 bridgehead atoms.